The fourth-order valence-electron chi connectivity index (χ4n) is 1.40. The highest BCUT2D eigenvalue weighted by Crippen LogP contribution is 2.34. The lowest BCUT2D eigenvalue weighted by Gasteiger charge is -2.11. The summed E-state index contributed by atoms with van der Waals surface area (Å²) in [5.74, 6) is -1.49. The third-order valence-electron chi connectivity index (χ3n) is 2.17. The van der Waals surface area contributed by atoms with Crippen LogP contribution in [0.25, 0.3) is 0 Å². The van der Waals surface area contributed by atoms with Crippen LogP contribution in [0.5, 0.6) is 0 Å². The van der Waals surface area contributed by atoms with E-state index in [4.69, 9.17) is 0 Å². The van der Waals surface area contributed by atoms with Crippen LogP contribution < -0.4 is 0 Å². The highest BCUT2D eigenvalue weighted by atomic mass is 79.9. The predicted molar refractivity (Wildman–Crippen MR) is 62.4 cm³/mol. The van der Waals surface area contributed by atoms with E-state index >= 15 is 0 Å². The molecule has 1 nitrogen and oxygen atoms in total. The van der Waals surface area contributed by atoms with Gasteiger partial charge in [-0.05, 0) is 39.5 Å². The molecule has 1 unspecified atom stereocenters. The molecule has 1 aromatic carbocycles. The van der Waals surface area contributed by atoms with E-state index in [1.807, 2.05) is 0 Å². The van der Waals surface area contributed by atoms with Crippen LogP contribution >= 0.6 is 27.3 Å². The van der Waals surface area contributed by atoms with Gasteiger partial charge in [-0.1, -0.05) is 6.07 Å². The molecule has 0 aliphatic rings. The number of hydrogen-bond acceptors (Lipinski definition) is 2. The van der Waals surface area contributed by atoms with E-state index in [9.17, 15) is 13.9 Å². The van der Waals surface area contributed by atoms with Gasteiger partial charge in [0, 0.05) is 4.47 Å². The van der Waals surface area contributed by atoms with Crippen LogP contribution in [0.3, 0.4) is 0 Å². The van der Waals surface area contributed by atoms with Gasteiger partial charge in [0.05, 0.1) is 10.4 Å². The van der Waals surface area contributed by atoms with E-state index in [0.29, 0.717) is 9.35 Å². The van der Waals surface area contributed by atoms with Crippen molar-refractivity contribution in [2.75, 3.05) is 0 Å². The summed E-state index contributed by atoms with van der Waals surface area (Å²) in [6.45, 7) is 0. The van der Waals surface area contributed by atoms with Crippen LogP contribution in [0.4, 0.5) is 8.78 Å². The molecular weight excluding hydrogens is 298 g/mol. The van der Waals surface area contributed by atoms with Gasteiger partial charge in [0.2, 0.25) is 0 Å². The van der Waals surface area contributed by atoms with Crippen LogP contribution in [0.15, 0.2) is 34.1 Å². The molecule has 2 aromatic rings. The molecule has 16 heavy (non-hydrogen) atoms. The molecule has 0 spiro atoms. The van der Waals surface area contributed by atoms with Gasteiger partial charge >= 0.3 is 0 Å². The Labute approximate surface area is 103 Å². The van der Waals surface area contributed by atoms with Crippen molar-refractivity contribution in [3.05, 3.63) is 56.2 Å². The summed E-state index contributed by atoms with van der Waals surface area (Å²) >= 11 is 4.46. The van der Waals surface area contributed by atoms with E-state index in [2.05, 4.69) is 15.9 Å². The van der Waals surface area contributed by atoms with Crippen molar-refractivity contribution in [1.82, 2.24) is 0 Å². The van der Waals surface area contributed by atoms with E-state index in [-0.39, 0.29) is 5.56 Å². The lowest BCUT2D eigenvalue weighted by molar-refractivity contribution is 0.212. The molecule has 0 aliphatic carbocycles. The maximum atomic E-state index is 13.4. The number of aliphatic hydroxyl groups is 1. The van der Waals surface area contributed by atoms with Gasteiger partial charge in [-0.3, -0.25) is 0 Å². The number of benzene rings is 1. The summed E-state index contributed by atoms with van der Waals surface area (Å²) in [5.41, 5.74) is -0.314. The zero-order valence-corrected chi connectivity index (χ0v) is 10.4. The van der Waals surface area contributed by atoms with Crippen molar-refractivity contribution in [3.63, 3.8) is 0 Å². The van der Waals surface area contributed by atoms with Crippen LogP contribution in [0.2, 0.25) is 0 Å². The van der Waals surface area contributed by atoms with Crippen molar-refractivity contribution in [1.29, 1.82) is 0 Å². The second kappa shape index (κ2) is 4.61. The number of rotatable bonds is 2. The molecule has 0 radical (unpaired) electrons. The summed E-state index contributed by atoms with van der Waals surface area (Å²) < 4.78 is 27.5. The average molecular weight is 305 g/mol. The third-order valence-corrected chi connectivity index (χ3v) is 4.09. The summed E-state index contributed by atoms with van der Waals surface area (Å²) in [6, 6.07) is 5.25. The maximum absolute atomic E-state index is 13.4. The third kappa shape index (κ3) is 2.03. The maximum Gasteiger partial charge on any atom is 0.132 e. The fraction of sp³-hybridized carbons (Fsp3) is 0.0909. The van der Waals surface area contributed by atoms with E-state index in [1.165, 1.54) is 17.4 Å². The smallest absolute Gasteiger partial charge is 0.132 e. The molecule has 1 N–H and O–H groups in total. The normalized spacial score (nSPS) is 12.8. The highest BCUT2D eigenvalue weighted by molar-refractivity contribution is 9.10. The molecule has 84 valence electrons. The Kier molecular flexibility index (Phi) is 3.37. The Hall–Kier alpha value is -0.780. The largest absolute Gasteiger partial charge is 0.383 e. The van der Waals surface area contributed by atoms with E-state index < -0.39 is 17.7 Å². The van der Waals surface area contributed by atoms with Crippen LogP contribution in [-0.2, 0) is 0 Å². The number of halogens is 3. The molecule has 1 atom stereocenters. The zero-order chi connectivity index (χ0) is 11.7. The molecule has 0 aliphatic heterocycles. The molecule has 1 aromatic heterocycles. The Balaban J connectivity index is 2.49. The van der Waals surface area contributed by atoms with Crippen LogP contribution in [0.1, 0.15) is 16.5 Å². The van der Waals surface area contributed by atoms with Crippen molar-refractivity contribution in [2.45, 2.75) is 6.10 Å². The first-order valence-electron chi connectivity index (χ1n) is 4.46. The molecule has 0 bridgehead atoms. The Morgan fingerprint density at radius 2 is 1.81 bits per heavy atom. The molecule has 5 heteroatoms. The molecule has 0 saturated carbocycles. The van der Waals surface area contributed by atoms with Crippen molar-refractivity contribution in [2.24, 2.45) is 0 Å². The van der Waals surface area contributed by atoms with Gasteiger partial charge in [-0.15, -0.1) is 11.3 Å². The van der Waals surface area contributed by atoms with Crippen molar-refractivity contribution >= 4 is 27.3 Å². The van der Waals surface area contributed by atoms with Crippen LogP contribution in [0, 0.1) is 11.6 Å². The van der Waals surface area contributed by atoms with Gasteiger partial charge in [0.1, 0.15) is 17.7 Å². The standard InChI is InChI=1S/C11H7BrF2OS/c12-6-4-5-16-11(6)10(15)9-7(13)2-1-3-8(9)14/h1-5,10,15H. The minimum absolute atomic E-state index is 0.314. The summed E-state index contributed by atoms with van der Waals surface area (Å²) in [5, 5.41) is 11.7. The molecule has 0 saturated heterocycles. The summed E-state index contributed by atoms with van der Waals surface area (Å²) in [6.07, 6.45) is -1.28. The van der Waals surface area contributed by atoms with Crippen molar-refractivity contribution in [3.8, 4) is 0 Å². The first-order valence-corrected chi connectivity index (χ1v) is 6.13. The van der Waals surface area contributed by atoms with Crippen LogP contribution in [-0.4, -0.2) is 5.11 Å². The zero-order valence-electron chi connectivity index (χ0n) is 7.95. The topological polar surface area (TPSA) is 20.2 Å². The quantitative estimate of drug-likeness (QED) is 0.893. The van der Waals surface area contributed by atoms with Gasteiger partial charge in [0.25, 0.3) is 0 Å². The number of thiophene rings is 1. The van der Waals surface area contributed by atoms with E-state index in [0.717, 1.165) is 12.1 Å². The number of hydrogen-bond donors (Lipinski definition) is 1. The number of aliphatic hydroxyl groups excluding tert-OH is 1. The minimum atomic E-state index is -1.28. The van der Waals surface area contributed by atoms with Gasteiger partial charge in [0.15, 0.2) is 0 Å². The molecule has 1 heterocycles. The second-order valence-corrected chi connectivity index (χ2v) is 4.97. The van der Waals surface area contributed by atoms with Gasteiger partial charge < -0.3 is 5.11 Å². The average Bonchev–Trinajstić information content (AvgIpc) is 2.64. The summed E-state index contributed by atoms with van der Waals surface area (Å²) in [7, 11) is 0. The summed E-state index contributed by atoms with van der Waals surface area (Å²) in [4.78, 5) is 0.490. The monoisotopic (exact) mass is 304 g/mol. The Morgan fingerprint density at radius 3 is 2.31 bits per heavy atom. The molecular formula is C11H7BrF2OS. The lowest BCUT2D eigenvalue weighted by Crippen LogP contribution is -2.04. The molecule has 2 rings (SSSR count). The molecule has 0 fully saturated rings. The highest BCUT2D eigenvalue weighted by Gasteiger charge is 2.22. The Morgan fingerprint density at radius 1 is 1.19 bits per heavy atom. The van der Waals surface area contributed by atoms with Crippen molar-refractivity contribution < 1.29 is 13.9 Å². The SMILES string of the molecule is OC(c1sccc1Br)c1c(F)cccc1F. The molecule has 0 amide bonds. The van der Waals surface area contributed by atoms with E-state index in [1.54, 1.807) is 11.4 Å². The van der Waals surface area contributed by atoms with Gasteiger partial charge in [-0.2, -0.15) is 0 Å². The predicted octanol–water partition coefficient (Wildman–Crippen LogP) is 3.87. The first kappa shape index (κ1) is 11.7. The Bertz CT molecular complexity index is 492. The first-order chi connectivity index (χ1) is 7.61. The minimum Gasteiger partial charge on any atom is -0.383 e. The fourth-order valence-corrected chi connectivity index (χ4v) is 2.99. The lowest BCUT2D eigenvalue weighted by atomic mass is 10.1. The van der Waals surface area contributed by atoms with Gasteiger partial charge in [-0.25, -0.2) is 8.78 Å². The second-order valence-electron chi connectivity index (χ2n) is 3.17.